The Morgan fingerprint density at radius 2 is 1.67 bits per heavy atom. The molecule has 0 aliphatic heterocycles. The number of fused-ring (bicyclic) bond motifs is 1. The molecule has 3 aromatic heterocycles. The fourth-order valence-electron chi connectivity index (χ4n) is 4.72. The number of aromatic amines is 1. The molecule has 1 aliphatic carbocycles. The molecule has 5 rings (SSSR count). The van der Waals surface area contributed by atoms with Crippen LogP contribution in [0.4, 0.5) is 42.2 Å². The minimum Gasteiger partial charge on any atom is -0.397 e. The van der Waals surface area contributed by atoms with Gasteiger partial charge < -0.3 is 16.0 Å². The van der Waals surface area contributed by atoms with Crippen LogP contribution in [0, 0.1) is 11.7 Å². The summed E-state index contributed by atoms with van der Waals surface area (Å²) in [6.45, 7) is 0.594. The molecule has 0 bridgehead atoms. The van der Waals surface area contributed by atoms with Crippen LogP contribution in [0.3, 0.4) is 0 Å². The second kappa shape index (κ2) is 11.8. The zero-order valence-electron chi connectivity index (χ0n) is 21.7. The monoisotopic (exact) mass is 599 g/mol. The van der Waals surface area contributed by atoms with Crippen LogP contribution >= 0.6 is 0 Å². The molecule has 5 N–H and O–H groups in total. The number of halogens is 7. The maximum Gasteiger partial charge on any atom is 0.423 e. The Labute approximate surface area is 232 Å². The second-order valence-electron chi connectivity index (χ2n) is 9.71. The van der Waals surface area contributed by atoms with Gasteiger partial charge in [0.1, 0.15) is 22.8 Å². The molecule has 3 heterocycles. The van der Waals surface area contributed by atoms with Gasteiger partial charge in [0.25, 0.3) is 11.1 Å². The van der Waals surface area contributed by atoms with Crippen molar-refractivity contribution in [1.82, 2.24) is 24.7 Å². The first-order valence-electron chi connectivity index (χ1n) is 12.6. The van der Waals surface area contributed by atoms with Gasteiger partial charge in [0.2, 0.25) is 0 Å². The molecule has 0 amide bonds. The number of nitrogens with zero attached hydrogens (tertiary/aromatic N) is 4. The molecule has 1 fully saturated rings. The summed E-state index contributed by atoms with van der Waals surface area (Å²) in [4.78, 5) is 30.6. The molecule has 42 heavy (non-hydrogen) atoms. The molecule has 0 atom stereocenters. The number of pyridine rings is 1. The van der Waals surface area contributed by atoms with Crippen molar-refractivity contribution in [3.8, 4) is 11.4 Å². The number of nitrogens with two attached hydrogens (primary N) is 2. The highest BCUT2D eigenvalue weighted by Crippen LogP contribution is 2.34. The summed E-state index contributed by atoms with van der Waals surface area (Å²) in [6.07, 6.45) is -0.823. The molecule has 1 aliphatic rings. The quantitative estimate of drug-likeness (QED) is 0.276. The van der Waals surface area contributed by atoms with Crippen LogP contribution in [0.1, 0.15) is 43.2 Å². The molecule has 16 heteroatoms. The van der Waals surface area contributed by atoms with Crippen molar-refractivity contribution in [2.24, 2.45) is 5.92 Å². The molecular weight excluding hydrogens is 575 g/mol. The third-order valence-corrected chi connectivity index (χ3v) is 6.78. The predicted molar refractivity (Wildman–Crippen MR) is 139 cm³/mol. The van der Waals surface area contributed by atoms with E-state index in [2.05, 4.69) is 15.1 Å². The number of aromatic nitrogens is 5. The lowest BCUT2D eigenvalue weighted by Gasteiger charge is -2.22. The molecule has 9 nitrogen and oxygen atoms in total. The number of benzene rings is 1. The highest BCUT2D eigenvalue weighted by Gasteiger charge is 2.36. The predicted octanol–water partition coefficient (Wildman–Crippen LogP) is 5.15. The largest absolute Gasteiger partial charge is 0.423 e. The van der Waals surface area contributed by atoms with Crippen LogP contribution in [-0.2, 0) is 18.9 Å². The van der Waals surface area contributed by atoms with Crippen molar-refractivity contribution in [3.63, 3.8) is 0 Å². The molecule has 0 radical (unpaired) electrons. The molecule has 1 aromatic carbocycles. The lowest BCUT2D eigenvalue weighted by molar-refractivity contribution is -0.138. The van der Waals surface area contributed by atoms with Gasteiger partial charge in [-0.1, -0.05) is 19.3 Å². The van der Waals surface area contributed by atoms with E-state index >= 15 is 0 Å². The summed E-state index contributed by atoms with van der Waals surface area (Å²) in [5.41, 5.74) is 5.29. The third kappa shape index (κ3) is 6.69. The van der Waals surface area contributed by atoms with Gasteiger partial charge in [-0.05, 0) is 42.3 Å². The molecule has 224 valence electrons. The first kappa shape index (κ1) is 30.5. The SMILES string of the molecule is Nc1cn[nH]c(=O)c1C(F)(F)F.Nc1nc(-c2cc3ccn(CC4CCCCC4)c(=O)c3cc2F)ncc1C(F)(F)F. The first-order valence-corrected chi connectivity index (χ1v) is 12.6. The minimum absolute atomic E-state index is 0.118. The molecule has 1 saturated carbocycles. The van der Waals surface area contributed by atoms with E-state index in [1.807, 2.05) is 0 Å². The zero-order valence-corrected chi connectivity index (χ0v) is 21.7. The number of alkyl halides is 6. The van der Waals surface area contributed by atoms with Gasteiger partial charge in [-0.25, -0.2) is 19.5 Å². The normalized spacial score (nSPS) is 14.5. The van der Waals surface area contributed by atoms with E-state index in [1.54, 1.807) is 21.9 Å². The summed E-state index contributed by atoms with van der Waals surface area (Å²) in [6, 6.07) is 4.14. The lowest BCUT2D eigenvalue weighted by Crippen LogP contribution is -2.24. The van der Waals surface area contributed by atoms with Gasteiger partial charge in [-0.2, -0.15) is 31.4 Å². The van der Waals surface area contributed by atoms with E-state index < -0.39 is 46.4 Å². The minimum atomic E-state index is -4.74. The maximum absolute atomic E-state index is 14.8. The molecule has 4 aromatic rings. The summed E-state index contributed by atoms with van der Waals surface area (Å²) in [5.74, 6) is -1.42. The third-order valence-electron chi connectivity index (χ3n) is 6.78. The number of hydrogen-bond donors (Lipinski definition) is 3. The second-order valence-corrected chi connectivity index (χ2v) is 9.71. The van der Waals surface area contributed by atoms with Crippen molar-refractivity contribution in [3.05, 3.63) is 74.4 Å². The van der Waals surface area contributed by atoms with Gasteiger partial charge in [-0.3, -0.25) is 9.59 Å². The summed E-state index contributed by atoms with van der Waals surface area (Å²) in [5, 5.41) is 5.40. The van der Waals surface area contributed by atoms with Gasteiger partial charge in [0.15, 0.2) is 5.82 Å². The first-order chi connectivity index (χ1) is 19.7. The zero-order chi connectivity index (χ0) is 30.8. The van der Waals surface area contributed by atoms with E-state index in [1.165, 1.54) is 12.5 Å². The fraction of sp³-hybridized carbons (Fsp3) is 0.346. The Morgan fingerprint density at radius 3 is 2.24 bits per heavy atom. The maximum atomic E-state index is 14.8. The van der Waals surface area contributed by atoms with Crippen molar-refractivity contribution in [2.45, 2.75) is 51.0 Å². The number of H-pyrrole nitrogens is 1. The van der Waals surface area contributed by atoms with E-state index in [0.29, 0.717) is 24.0 Å². The molecule has 0 unspecified atom stereocenters. The van der Waals surface area contributed by atoms with Gasteiger partial charge >= 0.3 is 12.4 Å². The fourth-order valence-corrected chi connectivity index (χ4v) is 4.72. The van der Waals surface area contributed by atoms with Gasteiger partial charge in [0, 0.05) is 18.9 Å². The topological polar surface area (TPSA) is 146 Å². The van der Waals surface area contributed by atoms with E-state index in [0.717, 1.165) is 37.9 Å². The summed E-state index contributed by atoms with van der Waals surface area (Å²) < 4.78 is 90.8. The van der Waals surface area contributed by atoms with Crippen molar-refractivity contribution < 1.29 is 30.7 Å². The van der Waals surface area contributed by atoms with E-state index in [-0.39, 0.29) is 22.3 Å². The Balaban J connectivity index is 0.000000283. The number of nitrogen functional groups attached to an aromatic ring is 2. The standard InChI is InChI=1S/C21H20F4N4O.C5H4F3N3O/c22-17-9-14-13(6-7-29(20(14)30)11-12-4-2-1-3-5-12)8-15(17)19-27-10-16(18(26)28-19)21(23,24)25;6-5(7,8)3-2(9)1-10-11-4(3)12/h6-10,12H,1-5,11H2,(H2,26,27,28);1H,(H3,9,11,12). The summed E-state index contributed by atoms with van der Waals surface area (Å²) >= 11 is 0. The van der Waals surface area contributed by atoms with Gasteiger partial charge in [0.05, 0.1) is 22.8 Å². The average Bonchev–Trinajstić information content (AvgIpc) is 2.90. The highest BCUT2D eigenvalue weighted by atomic mass is 19.4. The summed E-state index contributed by atoms with van der Waals surface area (Å²) in [7, 11) is 0. The number of nitrogens with one attached hydrogen (secondary N) is 1. The Bertz CT molecular complexity index is 1710. The van der Waals surface area contributed by atoms with Gasteiger partial charge in [-0.15, -0.1) is 0 Å². The smallest absolute Gasteiger partial charge is 0.397 e. The van der Waals surface area contributed by atoms with Crippen LogP contribution in [0.25, 0.3) is 22.2 Å². The van der Waals surface area contributed by atoms with Crippen LogP contribution in [0.2, 0.25) is 0 Å². The van der Waals surface area contributed by atoms with E-state index in [9.17, 15) is 40.3 Å². The Morgan fingerprint density at radius 1 is 0.976 bits per heavy atom. The number of rotatable bonds is 3. The van der Waals surface area contributed by atoms with Crippen LogP contribution in [0.5, 0.6) is 0 Å². The van der Waals surface area contributed by atoms with Crippen molar-refractivity contribution in [1.29, 1.82) is 0 Å². The van der Waals surface area contributed by atoms with Crippen molar-refractivity contribution >= 4 is 22.3 Å². The van der Waals surface area contributed by atoms with Crippen molar-refractivity contribution in [2.75, 3.05) is 11.5 Å². The number of anilines is 2. The molecule has 0 spiro atoms. The molecular formula is C26H24F7N7O2. The Hall–Kier alpha value is -4.50. The highest BCUT2D eigenvalue weighted by molar-refractivity contribution is 5.86. The molecule has 0 saturated heterocycles. The lowest BCUT2D eigenvalue weighted by atomic mass is 9.89. The van der Waals surface area contributed by atoms with Crippen LogP contribution < -0.4 is 22.6 Å². The van der Waals surface area contributed by atoms with E-state index in [4.69, 9.17) is 11.5 Å². The number of hydrogen-bond acceptors (Lipinski definition) is 7. The van der Waals surface area contributed by atoms with Crippen LogP contribution in [-0.4, -0.2) is 24.7 Å². The Kier molecular flexibility index (Phi) is 8.54. The van der Waals surface area contributed by atoms with Crippen LogP contribution in [0.15, 0.2) is 46.4 Å². The average molecular weight is 600 g/mol.